The van der Waals surface area contributed by atoms with Gasteiger partial charge in [0.25, 0.3) is 0 Å². The quantitative estimate of drug-likeness (QED) is 0.515. The number of amides is 1. The number of likely N-dealkylation sites (tertiary alicyclic amines) is 1. The van der Waals surface area contributed by atoms with E-state index < -0.39 is 0 Å². The average molecular weight is 498 g/mol. The Hall–Kier alpha value is -2.59. The summed E-state index contributed by atoms with van der Waals surface area (Å²) in [6, 6.07) is 18.1. The number of furan rings is 1. The van der Waals surface area contributed by atoms with E-state index in [1.807, 2.05) is 6.26 Å². The summed E-state index contributed by atoms with van der Waals surface area (Å²) in [7, 11) is 0. The van der Waals surface area contributed by atoms with Crippen LogP contribution in [0.4, 0.5) is 0 Å². The lowest BCUT2D eigenvalue weighted by atomic mass is 9.63. The number of rotatable bonds is 3. The van der Waals surface area contributed by atoms with Crippen LogP contribution in [0, 0.1) is 11.8 Å². The Balaban J connectivity index is 1.22. The minimum Gasteiger partial charge on any atom is -0.464 e. The molecule has 1 saturated carbocycles. The largest absolute Gasteiger partial charge is 0.464 e. The van der Waals surface area contributed by atoms with Crippen molar-refractivity contribution in [2.45, 2.75) is 81.6 Å². The fourth-order valence-corrected chi connectivity index (χ4v) is 8.77. The normalized spacial score (nSPS) is 30.6. The molecule has 7 rings (SSSR count). The van der Waals surface area contributed by atoms with E-state index in [0.717, 1.165) is 57.3 Å². The van der Waals surface area contributed by atoms with Gasteiger partial charge in [0, 0.05) is 18.0 Å². The number of carbonyl (C=O) groups is 1. The van der Waals surface area contributed by atoms with Crippen molar-refractivity contribution >= 4 is 16.9 Å². The van der Waals surface area contributed by atoms with Gasteiger partial charge in [0.15, 0.2) is 0 Å². The summed E-state index contributed by atoms with van der Waals surface area (Å²) in [6.45, 7) is 2.86. The number of benzene rings is 2. The third kappa shape index (κ3) is 3.94. The Bertz CT molecular complexity index is 1260. The van der Waals surface area contributed by atoms with E-state index in [-0.39, 0.29) is 11.3 Å². The molecule has 194 valence electrons. The van der Waals surface area contributed by atoms with Gasteiger partial charge in [0.1, 0.15) is 11.5 Å². The molecule has 4 aliphatic rings. The lowest BCUT2D eigenvalue weighted by molar-refractivity contribution is -0.640. The number of carbonyl (C=O) groups excluding carboxylic acids is 1. The van der Waals surface area contributed by atoms with E-state index >= 15 is 0 Å². The molecule has 2 aromatic carbocycles. The molecule has 3 aromatic rings. The van der Waals surface area contributed by atoms with Gasteiger partial charge < -0.3 is 14.6 Å². The van der Waals surface area contributed by atoms with Gasteiger partial charge in [-0.25, -0.2) is 0 Å². The predicted molar refractivity (Wildman–Crippen MR) is 146 cm³/mol. The van der Waals surface area contributed by atoms with E-state index in [9.17, 15) is 4.79 Å². The van der Waals surface area contributed by atoms with Crippen molar-refractivity contribution in [1.29, 1.82) is 0 Å². The zero-order valence-electron chi connectivity index (χ0n) is 22.0. The number of quaternary nitrogens is 1. The second-order valence-electron chi connectivity index (χ2n) is 12.4. The summed E-state index contributed by atoms with van der Waals surface area (Å²) in [6.07, 6.45) is 14.0. The molecule has 4 heteroatoms. The predicted octanol–water partition coefficient (Wildman–Crippen LogP) is 5.56. The highest BCUT2D eigenvalue weighted by atomic mass is 16.3. The van der Waals surface area contributed by atoms with Crippen molar-refractivity contribution in [2.24, 2.45) is 11.8 Å². The first-order valence-electron chi connectivity index (χ1n) is 14.9. The molecule has 0 radical (unpaired) electrons. The van der Waals surface area contributed by atoms with Gasteiger partial charge in [-0.05, 0) is 79.5 Å². The lowest BCUT2D eigenvalue weighted by Gasteiger charge is -2.47. The van der Waals surface area contributed by atoms with Crippen molar-refractivity contribution < 1.29 is 14.5 Å². The summed E-state index contributed by atoms with van der Waals surface area (Å²) in [5, 5.41) is 3.62. The Morgan fingerprint density at radius 1 is 0.973 bits per heavy atom. The highest BCUT2D eigenvalue weighted by molar-refractivity contribution is 5.85. The molecule has 4 nitrogen and oxygen atoms in total. The fraction of sp³-hybridized carbons (Fsp3) is 0.545. The van der Waals surface area contributed by atoms with Gasteiger partial charge in [-0.1, -0.05) is 61.7 Å². The van der Waals surface area contributed by atoms with E-state index in [2.05, 4.69) is 58.7 Å². The molecule has 1 amide bonds. The number of hydrogen-bond acceptors (Lipinski definition) is 2. The maximum Gasteiger partial charge on any atom is 0.232 e. The Morgan fingerprint density at radius 3 is 2.70 bits per heavy atom. The second-order valence-corrected chi connectivity index (χ2v) is 12.4. The maximum absolute atomic E-state index is 14.7. The molecule has 1 spiro atoms. The monoisotopic (exact) mass is 497 g/mol. The van der Waals surface area contributed by atoms with Crippen molar-refractivity contribution in [2.75, 3.05) is 19.6 Å². The molecule has 2 aliphatic heterocycles. The summed E-state index contributed by atoms with van der Waals surface area (Å²) >= 11 is 0. The van der Waals surface area contributed by atoms with E-state index in [1.54, 1.807) is 0 Å². The molecule has 1 aromatic heterocycles. The zero-order chi connectivity index (χ0) is 24.8. The highest BCUT2D eigenvalue weighted by Crippen LogP contribution is 2.48. The SMILES string of the molecule is O=C([C@@H]1C[NH2+]C[C@]12CCCc1c2ccc2ccoc12)N1CC[C@@H](c2ccccc2)C[C@H]1C1CCCCC1. The van der Waals surface area contributed by atoms with Crippen LogP contribution >= 0.6 is 0 Å². The average Bonchev–Trinajstić information content (AvgIpc) is 3.62. The molecule has 4 atom stereocenters. The van der Waals surface area contributed by atoms with Crippen LogP contribution in [0.2, 0.25) is 0 Å². The number of piperidine rings is 1. The molecule has 37 heavy (non-hydrogen) atoms. The van der Waals surface area contributed by atoms with E-state index in [4.69, 9.17) is 4.42 Å². The van der Waals surface area contributed by atoms with Crippen LogP contribution in [0.1, 0.15) is 80.4 Å². The van der Waals surface area contributed by atoms with Crippen LogP contribution in [0.25, 0.3) is 11.0 Å². The maximum atomic E-state index is 14.7. The van der Waals surface area contributed by atoms with Gasteiger partial charge in [-0.15, -0.1) is 0 Å². The van der Waals surface area contributed by atoms with Crippen LogP contribution in [0.3, 0.4) is 0 Å². The number of fused-ring (bicyclic) bond motifs is 4. The van der Waals surface area contributed by atoms with Gasteiger partial charge >= 0.3 is 0 Å². The third-order valence-electron chi connectivity index (χ3n) is 10.6. The van der Waals surface area contributed by atoms with Crippen molar-refractivity contribution in [3.63, 3.8) is 0 Å². The van der Waals surface area contributed by atoms with Crippen LogP contribution < -0.4 is 5.32 Å². The van der Waals surface area contributed by atoms with Crippen LogP contribution in [0.5, 0.6) is 0 Å². The number of nitrogens with two attached hydrogens (primary N) is 1. The standard InChI is InChI=1S/C33H40N2O2/c36-32(29-21-34-22-33(29)17-7-12-27-28(33)14-13-25-16-19-37-31(25)27)35-18-15-26(23-8-3-1-4-9-23)20-30(35)24-10-5-2-6-11-24/h1,3-4,8-9,13-14,16,19,24,26,29-30,34H,2,5-7,10-12,15,17-18,20-22H2/p+1/t26-,29+,30+,33+/m1/s1. The number of hydrogen-bond donors (Lipinski definition) is 1. The van der Waals surface area contributed by atoms with Crippen molar-refractivity contribution in [3.05, 3.63) is 71.5 Å². The molecular formula is C33H41N2O2+. The molecule has 3 heterocycles. The van der Waals surface area contributed by atoms with E-state index in [0.29, 0.717) is 23.8 Å². The summed E-state index contributed by atoms with van der Waals surface area (Å²) in [5.74, 6) is 1.75. The van der Waals surface area contributed by atoms with Crippen LogP contribution in [-0.4, -0.2) is 36.5 Å². The zero-order valence-corrected chi connectivity index (χ0v) is 22.0. The van der Waals surface area contributed by atoms with E-state index in [1.165, 1.54) is 54.2 Å². The lowest BCUT2D eigenvalue weighted by Crippen LogP contribution is -2.82. The van der Waals surface area contributed by atoms with Crippen LogP contribution in [-0.2, 0) is 16.6 Å². The summed E-state index contributed by atoms with van der Waals surface area (Å²) in [4.78, 5) is 17.1. The summed E-state index contributed by atoms with van der Waals surface area (Å²) in [5.41, 5.74) is 5.23. The Morgan fingerprint density at radius 2 is 1.84 bits per heavy atom. The Kier molecular flexibility index (Phi) is 6.11. The Labute approximate surface area is 220 Å². The first-order chi connectivity index (χ1) is 18.2. The number of nitrogens with zero attached hydrogens (tertiary/aromatic N) is 1. The van der Waals surface area contributed by atoms with Gasteiger partial charge in [-0.3, -0.25) is 4.79 Å². The molecule has 0 unspecified atom stereocenters. The van der Waals surface area contributed by atoms with Gasteiger partial charge in [0.2, 0.25) is 5.91 Å². The van der Waals surface area contributed by atoms with Crippen molar-refractivity contribution in [1.82, 2.24) is 4.90 Å². The minimum absolute atomic E-state index is 0.0565. The van der Waals surface area contributed by atoms with Crippen molar-refractivity contribution in [3.8, 4) is 0 Å². The first-order valence-corrected chi connectivity index (χ1v) is 14.9. The molecule has 2 N–H and O–H groups in total. The second kappa shape index (κ2) is 9.62. The molecular weight excluding hydrogens is 456 g/mol. The third-order valence-corrected chi connectivity index (χ3v) is 10.6. The first kappa shape index (κ1) is 23.5. The molecule has 2 saturated heterocycles. The van der Waals surface area contributed by atoms with Gasteiger partial charge in [-0.2, -0.15) is 0 Å². The van der Waals surface area contributed by atoms with Gasteiger partial charge in [0.05, 0.1) is 24.8 Å². The molecule has 0 bridgehead atoms. The van der Waals surface area contributed by atoms with Crippen LogP contribution in [0.15, 0.2) is 59.2 Å². The molecule has 2 aliphatic carbocycles. The minimum atomic E-state index is -0.0565. The smallest absolute Gasteiger partial charge is 0.232 e. The number of aryl methyl sites for hydroxylation is 1. The highest BCUT2D eigenvalue weighted by Gasteiger charge is 2.55. The summed E-state index contributed by atoms with van der Waals surface area (Å²) < 4.78 is 5.98. The topological polar surface area (TPSA) is 50.1 Å². The molecule has 3 fully saturated rings. The fourth-order valence-electron chi connectivity index (χ4n) is 8.77.